The second-order valence-corrected chi connectivity index (χ2v) is 7.58. The van der Waals surface area contributed by atoms with Crippen molar-refractivity contribution in [2.45, 2.75) is 79.1 Å². The Balaban J connectivity index is 2.69. The molecule has 0 spiro atoms. The van der Waals surface area contributed by atoms with E-state index in [-0.39, 0.29) is 0 Å². The fourth-order valence-electron chi connectivity index (χ4n) is 3.18. The fraction of sp³-hybridized carbons (Fsp3) is 0.667. The predicted octanol–water partition coefficient (Wildman–Crippen LogP) is 6.43. The number of benzene rings is 1. The molecule has 0 saturated heterocycles. The molecule has 0 unspecified atom stereocenters. The standard InChI is InChI=1S/C24H38O4/c1-5-9-13-19(7-3)17-27-23(25)21-15-11-12-16-22(21)24(26)28-18-20(8-4)14-10-6-2/h11-12,15-16,19-20H,5-10,13-14,17-18H2,1-4H3/t19-,20+. The number of unbranched alkanes of at least 4 members (excludes halogenated alkanes) is 2. The molecule has 158 valence electrons. The summed E-state index contributed by atoms with van der Waals surface area (Å²) in [6.45, 7) is 9.34. The van der Waals surface area contributed by atoms with Gasteiger partial charge in [-0.15, -0.1) is 0 Å². The van der Waals surface area contributed by atoms with Gasteiger partial charge in [0.25, 0.3) is 0 Å². The Hall–Kier alpha value is -1.84. The maximum Gasteiger partial charge on any atom is 0.339 e. The van der Waals surface area contributed by atoms with Crippen LogP contribution < -0.4 is 0 Å². The van der Waals surface area contributed by atoms with E-state index < -0.39 is 11.9 Å². The predicted molar refractivity (Wildman–Crippen MR) is 114 cm³/mol. The van der Waals surface area contributed by atoms with Gasteiger partial charge >= 0.3 is 11.9 Å². The second kappa shape index (κ2) is 14.2. The highest BCUT2D eigenvalue weighted by atomic mass is 16.5. The van der Waals surface area contributed by atoms with Crippen molar-refractivity contribution in [3.05, 3.63) is 35.4 Å². The molecule has 0 radical (unpaired) electrons. The lowest BCUT2D eigenvalue weighted by Crippen LogP contribution is -2.19. The molecule has 1 rings (SSSR count). The van der Waals surface area contributed by atoms with Gasteiger partial charge in [-0.3, -0.25) is 0 Å². The first-order valence-corrected chi connectivity index (χ1v) is 11.0. The fourth-order valence-corrected chi connectivity index (χ4v) is 3.18. The molecule has 4 heteroatoms. The number of hydrogen-bond acceptors (Lipinski definition) is 4. The average molecular weight is 391 g/mol. The molecule has 2 atom stereocenters. The first kappa shape index (κ1) is 24.2. The van der Waals surface area contributed by atoms with Crippen LogP contribution in [0.1, 0.15) is 99.8 Å². The summed E-state index contributed by atoms with van der Waals surface area (Å²) in [7, 11) is 0. The zero-order valence-electron chi connectivity index (χ0n) is 18.2. The van der Waals surface area contributed by atoms with Gasteiger partial charge in [0.1, 0.15) is 0 Å². The van der Waals surface area contributed by atoms with Gasteiger partial charge in [-0.2, -0.15) is 0 Å². The number of hydrogen-bond donors (Lipinski definition) is 0. The van der Waals surface area contributed by atoms with E-state index in [9.17, 15) is 9.59 Å². The van der Waals surface area contributed by atoms with Crippen LogP contribution in [0.15, 0.2) is 24.3 Å². The Labute approximate surface area is 171 Å². The Morgan fingerprint density at radius 2 is 1.14 bits per heavy atom. The minimum Gasteiger partial charge on any atom is -0.462 e. The Bertz CT molecular complexity index is 531. The van der Waals surface area contributed by atoms with Crippen molar-refractivity contribution < 1.29 is 19.1 Å². The van der Waals surface area contributed by atoms with E-state index in [0.29, 0.717) is 36.2 Å². The van der Waals surface area contributed by atoms with Crippen LogP contribution in [0.4, 0.5) is 0 Å². The van der Waals surface area contributed by atoms with E-state index in [4.69, 9.17) is 9.47 Å². The van der Waals surface area contributed by atoms with Crippen LogP contribution in [0, 0.1) is 11.8 Å². The minimum atomic E-state index is -0.444. The lowest BCUT2D eigenvalue weighted by Gasteiger charge is -2.17. The van der Waals surface area contributed by atoms with Crippen LogP contribution in [0.5, 0.6) is 0 Å². The maximum atomic E-state index is 12.6. The van der Waals surface area contributed by atoms with Crippen molar-refractivity contribution in [3.63, 3.8) is 0 Å². The van der Waals surface area contributed by atoms with Gasteiger partial charge in [0.2, 0.25) is 0 Å². The number of carbonyl (C=O) groups is 2. The normalized spacial score (nSPS) is 13.0. The van der Waals surface area contributed by atoms with Gasteiger partial charge < -0.3 is 9.47 Å². The lowest BCUT2D eigenvalue weighted by molar-refractivity contribution is 0.0381. The highest BCUT2D eigenvalue weighted by Crippen LogP contribution is 2.18. The van der Waals surface area contributed by atoms with Crippen molar-refractivity contribution in [1.29, 1.82) is 0 Å². The molecular formula is C24H38O4. The molecule has 0 bridgehead atoms. The topological polar surface area (TPSA) is 52.6 Å². The SMILES string of the molecule is CCCC[C@@H](CC)COC(=O)c1ccccc1C(=O)OC[C@@H](CC)CCCC. The van der Waals surface area contributed by atoms with E-state index in [1.165, 1.54) is 0 Å². The van der Waals surface area contributed by atoms with E-state index in [2.05, 4.69) is 27.7 Å². The molecule has 0 N–H and O–H groups in total. The van der Waals surface area contributed by atoms with E-state index in [1.54, 1.807) is 24.3 Å². The van der Waals surface area contributed by atoms with Crippen LogP contribution in [0.2, 0.25) is 0 Å². The monoisotopic (exact) mass is 390 g/mol. The zero-order chi connectivity index (χ0) is 20.8. The van der Waals surface area contributed by atoms with Crippen molar-refractivity contribution in [2.24, 2.45) is 11.8 Å². The summed E-state index contributed by atoms with van der Waals surface area (Å²) in [5.74, 6) is -0.153. The summed E-state index contributed by atoms with van der Waals surface area (Å²) >= 11 is 0. The lowest BCUT2D eigenvalue weighted by atomic mass is 10.0. The molecule has 0 heterocycles. The van der Waals surface area contributed by atoms with Crippen LogP contribution >= 0.6 is 0 Å². The van der Waals surface area contributed by atoms with Crippen molar-refractivity contribution in [3.8, 4) is 0 Å². The van der Waals surface area contributed by atoms with Crippen molar-refractivity contribution in [2.75, 3.05) is 13.2 Å². The summed E-state index contributed by atoms with van der Waals surface area (Å²) in [4.78, 5) is 25.1. The first-order chi connectivity index (χ1) is 13.6. The van der Waals surface area contributed by atoms with Crippen molar-refractivity contribution in [1.82, 2.24) is 0 Å². The summed E-state index contributed by atoms with van der Waals surface area (Å²) in [5, 5.41) is 0. The molecular weight excluding hydrogens is 352 g/mol. The van der Waals surface area contributed by atoms with Gasteiger partial charge in [-0.1, -0.05) is 78.4 Å². The van der Waals surface area contributed by atoms with Gasteiger partial charge in [0.15, 0.2) is 0 Å². The third kappa shape index (κ3) is 8.45. The summed E-state index contributed by atoms with van der Waals surface area (Å²) in [5.41, 5.74) is 0.582. The Morgan fingerprint density at radius 1 is 0.750 bits per heavy atom. The maximum absolute atomic E-state index is 12.6. The van der Waals surface area contributed by atoms with Crippen LogP contribution in [0.25, 0.3) is 0 Å². The minimum absolute atomic E-state index is 0.291. The van der Waals surface area contributed by atoms with Gasteiger partial charge in [-0.05, 0) is 36.8 Å². The van der Waals surface area contributed by atoms with E-state index in [1.807, 2.05) is 0 Å². The molecule has 0 aliphatic heterocycles. The van der Waals surface area contributed by atoms with Gasteiger partial charge in [-0.25, -0.2) is 9.59 Å². The second-order valence-electron chi connectivity index (χ2n) is 7.58. The zero-order valence-corrected chi connectivity index (χ0v) is 18.2. The van der Waals surface area contributed by atoms with Crippen molar-refractivity contribution >= 4 is 11.9 Å². The van der Waals surface area contributed by atoms with Crippen LogP contribution in [-0.2, 0) is 9.47 Å². The number of carbonyl (C=O) groups excluding carboxylic acids is 2. The third-order valence-corrected chi connectivity index (χ3v) is 5.35. The molecule has 0 aliphatic carbocycles. The summed E-state index contributed by atoms with van der Waals surface area (Å²) in [6, 6.07) is 6.77. The molecule has 0 saturated carbocycles. The number of esters is 2. The quantitative estimate of drug-likeness (QED) is 0.343. The van der Waals surface area contributed by atoms with Gasteiger partial charge in [0.05, 0.1) is 24.3 Å². The molecule has 28 heavy (non-hydrogen) atoms. The Morgan fingerprint density at radius 3 is 1.46 bits per heavy atom. The molecule has 0 fully saturated rings. The average Bonchev–Trinajstić information content (AvgIpc) is 2.73. The molecule has 0 amide bonds. The Kier molecular flexibility index (Phi) is 12.3. The highest BCUT2D eigenvalue weighted by Gasteiger charge is 2.21. The molecule has 0 aliphatic rings. The van der Waals surface area contributed by atoms with E-state index in [0.717, 1.165) is 51.4 Å². The molecule has 4 nitrogen and oxygen atoms in total. The molecule has 1 aromatic carbocycles. The van der Waals surface area contributed by atoms with E-state index >= 15 is 0 Å². The van der Waals surface area contributed by atoms with Crippen LogP contribution in [-0.4, -0.2) is 25.2 Å². The third-order valence-electron chi connectivity index (χ3n) is 5.35. The number of ether oxygens (including phenoxy) is 2. The van der Waals surface area contributed by atoms with Gasteiger partial charge in [0, 0.05) is 0 Å². The smallest absolute Gasteiger partial charge is 0.339 e. The molecule has 1 aromatic rings. The summed E-state index contributed by atoms with van der Waals surface area (Å²) in [6.07, 6.45) is 8.61. The largest absolute Gasteiger partial charge is 0.462 e. The number of rotatable bonds is 14. The highest BCUT2D eigenvalue weighted by molar-refractivity contribution is 6.03. The first-order valence-electron chi connectivity index (χ1n) is 11.0. The summed E-state index contributed by atoms with van der Waals surface area (Å²) < 4.78 is 11.0. The molecule has 0 aromatic heterocycles. The van der Waals surface area contributed by atoms with Crippen LogP contribution in [0.3, 0.4) is 0 Å².